The molecule has 0 radical (unpaired) electrons. The molecule has 0 saturated heterocycles. The molecule has 2 nitrogen and oxygen atoms in total. The van der Waals surface area contributed by atoms with Gasteiger partial charge >= 0.3 is 0 Å². The van der Waals surface area contributed by atoms with E-state index >= 15 is 0 Å². The monoisotopic (exact) mass is 403 g/mol. The molecule has 4 aromatic rings. The first-order valence-electron chi connectivity index (χ1n) is 6.86. The van der Waals surface area contributed by atoms with Gasteiger partial charge in [-0.3, -0.25) is 3.11 Å². The molecule has 0 N–H and O–H groups in total. The van der Waals surface area contributed by atoms with Crippen molar-refractivity contribution in [3.63, 3.8) is 0 Å². The Balaban J connectivity index is 1.92. The van der Waals surface area contributed by atoms with Crippen molar-refractivity contribution in [2.24, 2.45) is 0 Å². The summed E-state index contributed by atoms with van der Waals surface area (Å²) in [5, 5.41) is 2.18. The fraction of sp³-hybridized carbons (Fsp3) is 0. The number of hydrogen-bond acceptors (Lipinski definition) is 2. The Morgan fingerprint density at radius 1 is 0.818 bits per heavy atom. The van der Waals surface area contributed by atoms with Gasteiger partial charge in [0.2, 0.25) is 0 Å². The fourth-order valence-corrected chi connectivity index (χ4v) is 3.30. The van der Waals surface area contributed by atoms with Gasteiger partial charge < -0.3 is 4.42 Å². The van der Waals surface area contributed by atoms with Crippen molar-refractivity contribution in [3.8, 4) is 0 Å². The van der Waals surface area contributed by atoms with Crippen LogP contribution >= 0.6 is 22.9 Å². The maximum absolute atomic E-state index is 13.1. The van der Waals surface area contributed by atoms with Crippen LogP contribution in [0.2, 0.25) is 0 Å². The van der Waals surface area contributed by atoms with Gasteiger partial charge in [-0.2, -0.15) is 0 Å². The maximum atomic E-state index is 13.1. The second-order valence-corrected chi connectivity index (χ2v) is 5.97. The summed E-state index contributed by atoms with van der Waals surface area (Å²) < 4.78 is 21.1. The zero-order valence-corrected chi connectivity index (χ0v) is 13.6. The van der Waals surface area contributed by atoms with Crippen LogP contribution in [-0.2, 0) is 0 Å². The van der Waals surface area contributed by atoms with Crippen LogP contribution in [0.4, 0.5) is 15.8 Å². The predicted molar refractivity (Wildman–Crippen MR) is 96.3 cm³/mol. The van der Waals surface area contributed by atoms with E-state index in [1.54, 1.807) is 12.1 Å². The van der Waals surface area contributed by atoms with Crippen molar-refractivity contribution in [1.82, 2.24) is 0 Å². The fourth-order valence-electron chi connectivity index (χ4n) is 2.60. The number of furan rings is 1. The average molecular weight is 403 g/mol. The summed E-state index contributed by atoms with van der Waals surface area (Å²) in [7, 11) is 0. The summed E-state index contributed by atoms with van der Waals surface area (Å²) in [4.78, 5) is 0. The number of rotatable bonds is 2. The van der Waals surface area contributed by atoms with E-state index in [-0.39, 0.29) is 5.82 Å². The van der Waals surface area contributed by atoms with Crippen molar-refractivity contribution >= 4 is 56.2 Å². The molecule has 0 fully saturated rings. The van der Waals surface area contributed by atoms with Gasteiger partial charge in [0.15, 0.2) is 5.58 Å². The van der Waals surface area contributed by atoms with Crippen molar-refractivity contribution < 1.29 is 8.81 Å². The number of fused-ring (bicyclic) bond motifs is 3. The lowest BCUT2D eigenvalue weighted by Crippen LogP contribution is -2.00. The summed E-state index contributed by atoms with van der Waals surface area (Å²) in [6, 6.07) is 20.5. The molecule has 0 atom stereocenters. The summed E-state index contributed by atoms with van der Waals surface area (Å²) in [6.45, 7) is 0. The van der Waals surface area contributed by atoms with Crippen LogP contribution in [-0.4, -0.2) is 0 Å². The van der Waals surface area contributed by atoms with Crippen molar-refractivity contribution in [1.29, 1.82) is 0 Å². The number of benzene rings is 3. The van der Waals surface area contributed by atoms with E-state index in [4.69, 9.17) is 4.42 Å². The number of halogens is 2. The summed E-state index contributed by atoms with van der Waals surface area (Å²) >= 11 is 2.21. The first-order chi connectivity index (χ1) is 10.7. The van der Waals surface area contributed by atoms with Crippen LogP contribution in [0.15, 0.2) is 71.1 Å². The van der Waals surface area contributed by atoms with Gasteiger partial charge in [0.05, 0.1) is 34.2 Å². The van der Waals surface area contributed by atoms with Gasteiger partial charge in [-0.15, -0.1) is 0 Å². The third-order valence-corrected chi connectivity index (χ3v) is 4.73. The zero-order chi connectivity index (χ0) is 15.1. The third-order valence-electron chi connectivity index (χ3n) is 3.65. The Kier molecular flexibility index (Phi) is 3.26. The molecule has 1 aromatic heterocycles. The highest BCUT2D eigenvalue weighted by Gasteiger charge is 2.15. The zero-order valence-electron chi connectivity index (χ0n) is 11.5. The standard InChI is InChI=1S/C18H11FINO/c19-12-8-10-13(11-9-12)21(20)16-6-3-5-15-14-4-1-2-7-17(14)22-18(15)16/h1-11H. The van der Waals surface area contributed by atoms with E-state index in [1.807, 2.05) is 33.4 Å². The first-order valence-corrected chi connectivity index (χ1v) is 7.82. The lowest BCUT2D eigenvalue weighted by molar-refractivity contribution is 0.628. The van der Waals surface area contributed by atoms with Crippen LogP contribution in [0.25, 0.3) is 21.9 Å². The Morgan fingerprint density at radius 3 is 2.36 bits per heavy atom. The van der Waals surface area contributed by atoms with Crippen molar-refractivity contribution in [2.45, 2.75) is 0 Å². The van der Waals surface area contributed by atoms with Crippen molar-refractivity contribution in [3.05, 3.63) is 72.5 Å². The van der Waals surface area contributed by atoms with E-state index in [0.717, 1.165) is 33.3 Å². The molecule has 0 amide bonds. The molecule has 0 saturated carbocycles. The van der Waals surface area contributed by atoms with Gasteiger partial charge in [0.1, 0.15) is 11.4 Å². The number of hydrogen-bond donors (Lipinski definition) is 0. The van der Waals surface area contributed by atoms with Crippen LogP contribution in [0, 0.1) is 5.82 Å². The summed E-state index contributed by atoms with van der Waals surface area (Å²) in [6.07, 6.45) is 0. The Morgan fingerprint density at radius 2 is 1.55 bits per heavy atom. The largest absolute Gasteiger partial charge is 0.454 e. The molecule has 0 spiro atoms. The molecule has 0 aliphatic heterocycles. The topological polar surface area (TPSA) is 16.4 Å². The molecule has 4 rings (SSSR count). The maximum Gasteiger partial charge on any atom is 0.159 e. The third kappa shape index (κ3) is 2.14. The van der Waals surface area contributed by atoms with Gasteiger partial charge in [0, 0.05) is 10.8 Å². The van der Waals surface area contributed by atoms with Gasteiger partial charge in [-0.1, -0.05) is 30.3 Å². The predicted octanol–water partition coefficient (Wildman–Crippen LogP) is 6.21. The van der Waals surface area contributed by atoms with Crippen LogP contribution in [0.3, 0.4) is 0 Å². The van der Waals surface area contributed by atoms with Gasteiger partial charge in [-0.05, 0) is 36.4 Å². The molecular formula is C18H11FINO. The van der Waals surface area contributed by atoms with E-state index in [2.05, 4.69) is 35.0 Å². The van der Waals surface area contributed by atoms with E-state index in [1.165, 1.54) is 12.1 Å². The highest BCUT2D eigenvalue weighted by atomic mass is 127. The first kappa shape index (κ1) is 13.6. The van der Waals surface area contributed by atoms with Crippen LogP contribution in [0.5, 0.6) is 0 Å². The van der Waals surface area contributed by atoms with E-state index < -0.39 is 0 Å². The Hall–Kier alpha value is -2.08. The molecule has 4 heteroatoms. The second-order valence-electron chi connectivity index (χ2n) is 5.01. The lowest BCUT2D eigenvalue weighted by Gasteiger charge is -2.16. The minimum absolute atomic E-state index is 0.240. The quantitative estimate of drug-likeness (QED) is 0.292. The minimum Gasteiger partial charge on any atom is -0.454 e. The normalized spacial score (nSPS) is 11.2. The molecule has 1 heterocycles. The molecule has 3 aromatic carbocycles. The molecule has 0 unspecified atom stereocenters. The summed E-state index contributed by atoms with van der Waals surface area (Å²) in [5.74, 6) is -0.240. The van der Waals surface area contributed by atoms with E-state index in [0.29, 0.717) is 0 Å². The highest BCUT2D eigenvalue weighted by molar-refractivity contribution is 14.1. The molecule has 0 bridgehead atoms. The van der Waals surface area contributed by atoms with Crippen LogP contribution in [0.1, 0.15) is 0 Å². The Labute approximate surface area is 140 Å². The number of nitrogens with zero attached hydrogens (tertiary/aromatic N) is 1. The minimum atomic E-state index is -0.240. The Bertz CT molecular complexity index is 962. The van der Waals surface area contributed by atoms with Gasteiger partial charge in [-0.25, -0.2) is 4.39 Å². The van der Waals surface area contributed by atoms with Crippen LogP contribution < -0.4 is 3.11 Å². The summed E-state index contributed by atoms with van der Waals surface area (Å²) in [5.41, 5.74) is 3.55. The second kappa shape index (κ2) is 5.28. The molecule has 0 aliphatic carbocycles. The van der Waals surface area contributed by atoms with E-state index in [9.17, 15) is 4.39 Å². The van der Waals surface area contributed by atoms with Crippen molar-refractivity contribution in [2.75, 3.05) is 3.11 Å². The lowest BCUT2D eigenvalue weighted by atomic mass is 10.1. The highest BCUT2D eigenvalue weighted by Crippen LogP contribution is 2.39. The average Bonchev–Trinajstić information content (AvgIpc) is 2.93. The number of anilines is 2. The number of para-hydroxylation sites is 2. The molecule has 22 heavy (non-hydrogen) atoms. The molecular weight excluding hydrogens is 392 g/mol. The SMILES string of the molecule is Fc1ccc(N(I)c2cccc3c2oc2ccccc23)cc1. The molecule has 0 aliphatic rings. The molecule has 108 valence electrons. The smallest absolute Gasteiger partial charge is 0.159 e. The van der Waals surface area contributed by atoms with Gasteiger partial charge in [0.25, 0.3) is 0 Å².